The molecule has 6 nitrogen and oxygen atoms in total. The van der Waals surface area contributed by atoms with Crippen LogP contribution in [0.25, 0.3) is 0 Å². The van der Waals surface area contributed by atoms with Gasteiger partial charge < -0.3 is 25.7 Å². The smallest absolute Gasteiger partial charge is 0.163 e. The van der Waals surface area contributed by atoms with Gasteiger partial charge in [0.15, 0.2) is 11.5 Å². The van der Waals surface area contributed by atoms with Gasteiger partial charge in [-0.3, -0.25) is 0 Å². The quantitative estimate of drug-likeness (QED) is 0.213. The van der Waals surface area contributed by atoms with Gasteiger partial charge in [-0.1, -0.05) is 5.16 Å². The zero-order valence-electron chi connectivity index (χ0n) is 12.1. The fourth-order valence-electron chi connectivity index (χ4n) is 1.71. The summed E-state index contributed by atoms with van der Waals surface area (Å²) in [5.41, 5.74) is 6.36. The number of benzene rings is 1. The molecular weight excluding hydrogens is 258 g/mol. The van der Waals surface area contributed by atoms with Crippen molar-refractivity contribution in [3.05, 3.63) is 18.2 Å². The van der Waals surface area contributed by atoms with E-state index in [9.17, 15) is 0 Å². The van der Waals surface area contributed by atoms with Gasteiger partial charge >= 0.3 is 0 Å². The van der Waals surface area contributed by atoms with Gasteiger partial charge in [0.05, 0.1) is 13.2 Å². The van der Waals surface area contributed by atoms with Crippen molar-refractivity contribution in [2.24, 2.45) is 10.9 Å². The summed E-state index contributed by atoms with van der Waals surface area (Å²) in [6.45, 7) is 5.80. The molecule has 6 heteroatoms. The molecule has 0 radical (unpaired) electrons. The normalized spacial score (nSPS) is 11.2. The summed E-state index contributed by atoms with van der Waals surface area (Å²) >= 11 is 0. The molecular formula is C14H23N3O3. The number of nitrogens with one attached hydrogen (secondary N) is 1. The summed E-state index contributed by atoms with van der Waals surface area (Å²) in [5, 5.41) is 14.6. The van der Waals surface area contributed by atoms with Gasteiger partial charge in [-0.2, -0.15) is 0 Å². The monoisotopic (exact) mass is 281 g/mol. The lowest BCUT2D eigenvalue weighted by Gasteiger charge is -2.13. The first-order valence-electron chi connectivity index (χ1n) is 6.81. The van der Waals surface area contributed by atoms with Crippen LogP contribution in [0.1, 0.15) is 26.7 Å². The van der Waals surface area contributed by atoms with E-state index in [2.05, 4.69) is 10.5 Å². The molecule has 0 amide bonds. The molecule has 0 aromatic heterocycles. The Morgan fingerprint density at radius 3 is 2.60 bits per heavy atom. The molecule has 1 aromatic rings. The highest BCUT2D eigenvalue weighted by molar-refractivity contribution is 5.79. The lowest BCUT2D eigenvalue weighted by molar-refractivity contribution is 0.288. The molecule has 0 spiro atoms. The van der Waals surface area contributed by atoms with Gasteiger partial charge in [0.1, 0.15) is 5.84 Å². The zero-order valence-corrected chi connectivity index (χ0v) is 12.1. The van der Waals surface area contributed by atoms with Crippen LogP contribution in [-0.4, -0.2) is 30.8 Å². The molecule has 0 saturated carbocycles. The highest BCUT2D eigenvalue weighted by Gasteiger charge is 2.05. The first kappa shape index (κ1) is 15.9. The molecule has 0 heterocycles. The minimum Gasteiger partial charge on any atom is -0.490 e. The summed E-state index contributed by atoms with van der Waals surface area (Å²) in [5.74, 6) is 1.72. The molecule has 1 aromatic carbocycles. The molecule has 0 fully saturated rings. The highest BCUT2D eigenvalue weighted by atomic mass is 16.5. The second-order valence-corrected chi connectivity index (χ2v) is 4.15. The molecule has 0 unspecified atom stereocenters. The van der Waals surface area contributed by atoms with Crippen molar-refractivity contribution in [1.29, 1.82) is 0 Å². The predicted molar refractivity (Wildman–Crippen MR) is 79.9 cm³/mol. The number of amidine groups is 1. The van der Waals surface area contributed by atoms with Crippen molar-refractivity contribution in [2.75, 3.05) is 25.1 Å². The molecule has 0 aliphatic heterocycles. The van der Waals surface area contributed by atoms with Crippen molar-refractivity contribution in [2.45, 2.75) is 26.7 Å². The predicted octanol–water partition coefficient (Wildman–Crippen LogP) is 2.42. The number of anilines is 1. The standard InChI is InChI=1S/C14H23N3O3/c1-3-19-12-8-7-11(10-13(12)20-4-2)16-9-5-6-14(15)17-18/h7-8,10,16,18H,3-6,9H2,1-2H3,(H2,15,17). The molecule has 0 atom stereocenters. The summed E-state index contributed by atoms with van der Waals surface area (Å²) in [6, 6.07) is 5.75. The van der Waals surface area contributed by atoms with Crippen LogP contribution in [-0.2, 0) is 0 Å². The SMILES string of the molecule is CCOc1ccc(NCCCC(N)=NO)cc1OCC. The van der Waals surface area contributed by atoms with Crippen molar-refractivity contribution < 1.29 is 14.7 Å². The molecule has 0 saturated heterocycles. The molecule has 0 aliphatic rings. The van der Waals surface area contributed by atoms with Gasteiger partial charge in [-0.15, -0.1) is 0 Å². The maximum atomic E-state index is 8.44. The van der Waals surface area contributed by atoms with E-state index >= 15 is 0 Å². The Kier molecular flexibility index (Phi) is 7.10. The van der Waals surface area contributed by atoms with E-state index in [-0.39, 0.29) is 5.84 Å². The van der Waals surface area contributed by atoms with E-state index in [1.807, 2.05) is 32.0 Å². The van der Waals surface area contributed by atoms with Gasteiger partial charge in [0.25, 0.3) is 0 Å². The maximum Gasteiger partial charge on any atom is 0.163 e. The lowest BCUT2D eigenvalue weighted by atomic mass is 10.2. The maximum absolute atomic E-state index is 8.44. The number of hydrogen-bond donors (Lipinski definition) is 3. The molecule has 0 bridgehead atoms. The molecule has 4 N–H and O–H groups in total. The second-order valence-electron chi connectivity index (χ2n) is 4.15. The van der Waals surface area contributed by atoms with Crippen molar-refractivity contribution in [1.82, 2.24) is 0 Å². The van der Waals surface area contributed by atoms with Gasteiger partial charge in [-0.05, 0) is 32.4 Å². The Bertz CT molecular complexity index is 436. The summed E-state index contributed by atoms with van der Waals surface area (Å²) < 4.78 is 11.1. The number of ether oxygens (including phenoxy) is 2. The molecule has 1 rings (SSSR count). The third-order valence-corrected chi connectivity index (χ3v) is 2.61. The number of hydrogen-bond acceptors (Lipinski definition) is 5. The average Bonchev–Trinajstić information content (AvgIpc) is 2.46. The molecule has 0 aliphatic carbocycles. The lowest BCUT2D eigenvalue weighted by Crippen LogP contribution is -2.13. The van der Waals surface area contributed by atoms with E-state index in [0.717, 1.165) is 30.2 Å². The van der Waals surface area contributed by atoms with E-state index in [4.69, 9.17) is 20.4 Å². The van der Waals surface area contributed by atoms with E-state index in [0.29, 0.717) is 19.6 Å². The van der Waals surface area contributed by atoms with Crippen LogP contribution in [0.5, 0.6) is 11.5 Å². The van der Waals surface area contributed by atoms with Crippen LogP contribution < -0.4 is 20.5 Å². The Balaban J connectivity index is 2.55. The average molecular weight is 281 g/mol. The number of nitrogens with two attached hydrogens (primary N) is 1. The van der Waals surface area contributed by atoms with E-state index in [1.165, 1.54) is 0 Å². The number of oxime groups is 1. The Labute approximate surface area is 119 Å². The first-order chi connectivity index (χ1) is 9.71. The number of rotatable bonds is 9. The third-order valence-electron chi connectivity index (χ3n) is 2.61. The second kappa shape index (κ2) is 8.90. The van der Waals surface area contributed by atoms with Crippen LogP contribution in [0.3, 0.4) is 0 Å². The number of nitrogens with zero attached hydrogens (tertiary/aromatic N) is 1. The van der Waals surface area contributed by atoms with Crippen molar-refractivity contribution in [3.8, 4) is 11.5 Å². The topological polar surface area (TPSA) is 89.1 Å². The Morgan fingerprint density at radius 1 is 1.25 bits per heavy atom. The molecule has 20 heavy (non-hydrogen) atoms. The summed E-state index contributed by atoms with van der Waals surface area (Å²) in [6.07, 6.45) is 1.34. The summed E-state index contributed by atoms with van der Waals surface area (Å²) in [4.78, 5) is 0. The third kappa shape index (κ3) is 5.26. The van der Waals surface area contributed by atoms with Gasteiger partial charge in [0.2, 0.25) is 0 Å². The Morgan fingerprint density at radius 2 is 1.95 bits per heavy atom. The largest absolute Gasteiger partial charge is 0.490 e. The van der Waals surface area contributed by atoms with Crippen LogP contribution in [0.15, 0.2) is 23.4 Å². The van der Waals surface area contributed by atoms with Crippen LogP contribution in [0.2, 0.25) is 0 Å². The van der Waals surface area contributed by atoms with Crippen LogP contribution >= 0.6 is 0 Å². The van der Waals surface area contributed by atoms with Gasteiger partial charge in [-0.25, -0.2) is 0 Å². The zero-order chi connectivity index (χ0) is 14.8. The van der Waals surface area contributed by atoms with Gasteiger partial charge in [0, 0.05) is 24.7 Å². The fourth-order valence-corrected chi connectivity index (χ4v) is 1.71. The minimum absolute atomic E-state index is 0.244. The Hall–Kier alpha value is -2.11. The minimum atomic E-state index is 0.244. The van der Waals surface area contributed by atoms with Crippen molar-refractivity contribution >= 4 is 11.5 Å². The van der Waals surface area contributed by atoms with Crippen molar-refractivity contribution in [3.63, 3.8) is 0 Å². The molecule has 112 valence electrons. The van der Waals surface area contributed by atoms with E-state index < -0.39 is 0 Å². The van der Waals surface area contributed by atoms with E-state index in [1.54, 1.807) is 0 Å². The highest BCUT2D eigenvalue weighted by Crippen LogP contribution is 2.30. The summed E-state index contributed by atoms with van der Waals surface area (Å²) in [7, 11) is 0. The fraction of sp³-hybridized carbons (Fsp3) is 0.500. The van der Waals surface area contributed by atoms with Crippen LogP contribution in [0, 0.1) is 0 Å². The van der Waals surface area contributed by atoms with Crippen LogP contribution in [0.4, 0.5) is 5.69 Å². The first-order valence-corrected chi connectivity index (χ1v) is 6.81.